The second kappa shape index (κ2) is 6.25. The number of hydrogen-bond acceptors (Lipinski definition) is 4. The van der Waals surface area contributed by atoms with Gasteiger partial charge in [0, 0.05) is 12.7 Å². The van der Waals surface area contributed by atoms with Crippen LogP contribution in [0.1, 0.15) is 35.4 Å². The minimum absolute atomic E-state index is 0.115. The van der Waals surface area contributed by atoms with Crippen LogP contribution in [0.15, 0.2) is 18.3 Å². The van der Waals surface area contributed by atoms with E-state index in [1.54, 1.807) is 29.7 Å². The second-order valence-corrected chi connectivity index (χ2v) is 7.80. The van der Waals surface area contributed by atoms with E-state index in [2.05, 4.69) is 10.3 Å². The molecule has 0 aliphatic carbocycles. The van der Waals surface area contributed by atoms with E-state index < -0.39 is 12.0 Å². The van der Waals surface area contributed by atoms with E-state index >= 15 is 0 Å². The molecule has 2 fully saturated rings. The minimum atomic E-state index is -0.946. The molecule has 0 aromatic carbocycles. The number of aromatic nitrogens is 2. The van der Waals surface area contributed by atoms with Crippen molar-refractivity contribution in [3.05, 3.63) is 34.7 Å². The Bertz CT molecular complexity index is 888. The van der Waals surface area contributed by atoms with Gasteiger partial charge in [-0.15, -0.1) is 0 Å². The zero-order valence-corrected chi connectivity index (χ0v) is 15.3. The standard InChI is InChI=1S/C18H21ClN4O3/c1-11-15(22-9-12(19)2-3-14(22)21-11)16(24)23-10-18(4-6-20-7-5-18)8-13(23)17(25)26/h2-3,9,13,20H,4-8,10H2,1H3,(H,25,26)/t13-/m0/s1. The van der Waals surface area contributed by atoms with Gasteiger partial charge in [0.25, 0.3) is 5.91 Å². The number of pyridine rings is 1. The Balaban J connectivity index is 1.74. The lowest BCUT2D eigenvalue weighted by molar-refractivity contribution is -0.141. The molecule has 2 aromatic heterocycles. The topological polar surface area (TPSA) is 86.9 Å². The molecule has 2 aliphatic heterocycles. The molecule has 2 N–H and O–H groups in total. The summed E-state index contributed by atoms with van der Waals surface area (Å²) >= 11 is 6.09. The number of amides is 1. The first-order valence-electron chi connectivity index (χ1n) is 8.79. The van der Waals surface area contributed by atoms with Gasteiger partial charge in [0.1, 0.15) is 17.4 Å². The maximum Gasteiger partial charge on any atom is 0.326 e. The van der Waals surface area contributed by atoms with Gasteiger partial charge in [0.05, 0.1) is 10.7 Å². The number of halogens is 1. The number of carbonyl (C=O) groups excluding carboxylic acids is 1. The zero-order chi connectivity index (χ0) is 18.5. The Hall–Kier alpha value is -2.12. The van der Waals surface area contributed by atoms with Gasteiger partial charge in [-0.05, 0) is 56.8 Å². The highest BCUT2D eigenvalue weighted by Gasteiger charge is 2.49. The van der Waals surface area contributed by atoms with Crippen LogP contribution in [-0.4, -0.2) is 56.9 Å². The highest BCUT2D eigenvalue weighted by molar-refractivity contribution is 6.30. The number of imidazole rings is 1. The van der Waals surface area contributed by atoms with Crippen LogP contribution in [-0.2, 0) is 4.79 Å². The number of carboxylic acid groups (broad SMARTS) is 1. The van der Waals surface area contributed by atoms with Crippen molar-refractivity contribution in [2.45, 2.75) is 32.2 Å². The molecular formula is C18H21ClN4O3. The van der Waals surface area contributed by atoms with E-state index in [0.717, 1.165) is 25.9 Å². The molecule has 1 spiro atoms. The molecule has 8 heteroatoms. The van der Waals surface area contributed by atoms with Gasteiger partial charge in [-0.25, -0.2) is 9.78 Å². The minimum Gasteiger partial charge on any atom is -0.480 e. The van der Waals surface area contributed by atoms with Crippen molar-refractivity contribution >= 4 is 29.1 Å². The van der Waals surface area contributed by atoms with Gasteiger partial charge < -0.3 is 15.3 Å². The molecule has 4 rings (SSSR count). The molecule has 0 unspecified atom stereocenters. The maximum atomic E-state index is 13.3. The third-order valence-electron chi connectivity index (χ3n) is 5.68. The van der Waals surface area contributed by atoms with Gasteiger partial charge in [-0.1, -0.05) is 11.6 Å². The van der Waals surface area contributed by atoms with Gasteiger partial charge in [-0.2, -0.15) is 0 Å². The lowest BCUT2D eigenvalue weighted by Gasteiger charge is -2.33. The number of aliphatic carboxylic acids is 1. The van der Waals surface area contributed by atoms with Crippen LogP contribution in [0, 0.1) is 12.3 Å². The van der Waals surface area contributed by atoms with Crippen molar-refractivity contribution < 1.29 is 14.7 Å². The molecule has 2 aromatic rings. The molecule has 7 nitrogen and oxygen atoms in total. The fourth-order valence-corrected chi connectivity index (χ4v) is 4.50. The maximum absolute atomic E-state index is 13.3. The molecule has 4 heterocycles. The zero-order valence-electron chi connectivity index (χ0n) is 14.5. The number of carboxylic acids is 1. The summed E-state index contributed by atoms with van der Waals surface area (Å²) in [6, 6.07) is 2.67. The summed E-state index contributed by atoms with van der Waals surface area (Å²) in [4.78, 5) is 31.1. The summed E-state index contributed by atoms with van der Waals surface area (Å²) in [5.41, 5.74) is 1.47. The largest absolute Gasteiger partial charge is 0.480 e. The fraction of sp³-hybridized carbons (Fsp3) is 0.500. The van der Waals surface area contributed by atoms with Gasteiger partial charge in [0.15, 0.2) is 0 Å². The number of nitrogens with zero attached hydrogens (tertiary/aromatic N) is 3. The SMILES string of the molecule is Cc1nc2ccc(Cl)cn2c1C(=O)N1CC2(CCNCC2)C[C@H]1C(=O)O. The van der Waals surface area contributed by atoms with Crippen LogP contribution in [0.5, 0.6) is 0 Å². The Labute approximate surface area is 156 Å². The third kappa shape index (κ3) is 2.75. The highest BCUT2D eigenvalue weighted by atomic mass is 35.5. The smallest absolute Gasteiger partial charge is 0.326 e. The number of carbonyl (C=O) groups is 2. The second-order valence-electron chi connectivity index (χ2n) is 7.36. The number of nitrogens with one attached hydrogen (secondary N) is 1. The normalized spacial score (nSPS) is 22.2. The average molecular weight is 377 g/mol. The number of hydrogen-bond donors (Lipinski definition) is 2. The molecule has 0 radical (unpaired) electrons. The van der Waals surface area contributed by atoms with Crippen molar-refractivity contribution in [1.82, 2.24) is 19.6 Å². The predicted molar refractivity (Wildman–Crippen MR) is 96.6 cm³/mol. The van der Waals surface area contributed by atoms with Crippen LogP contribution < -0.4 is 5.32 Å². The first-order valence-corrected chi connectivity index (χ1v) is 9.17. The van der Waals surface area contributed by atoms with Crippen molar-refractivity contribution in [3.8, 4) is 0 Å². The number of rotatable bonds is 2. The number of fused-ring (bicyclic) bond motifs is 1. The molecule has 0 bridgehead atoms. The molecule has 2 saturated heterocycles. The average Bonchev–Trinajstić information content (AvgIpc) is 3.12. The molecule has 0 saturated carbocycles. The number of aryl methyl sites for hydroxylation is 1. The predicted octanol–water partition coefficient (Wildman–Crippen LogP) is 1.97. The summed E-state index contributed by atoms with van der Waals surface area (Å²) in [6.45, 7) is 3.95. The Morgan fingerprint density at radius 2 is 2.08 bits per heavy atom. The number of piperidine rings is 1. The van der Waals surface area contributed by atoms with Crippen molar-refractivity contribution in [3.63, 3.8) is 0 Å². The Kier molecular flexibility index (Phi) is 4.16. The molecule has 1 amide bonds. The van der Waals surface area contributed by atoms with Crippen LogP contribution in [0.4, 0.5) is 0 Å². The van der Waals surface area contributed by atoms with Gasteiger partial charge >= 0.3 is 5.97 Å². The molecule has 26 heavy (non-hydrogen) atoms. The van der Waals surface area contributed by atoms with Crippen LogP contribution in [0.25, 0.3) is 5.65 Å². The van der Waals surface area contributed by atoms with Crippen LogP contribution in [0.3, 0.4) is 0 Å². The molecule has 2 aliphatic rings. The quantitative estimate of drug-likeness (QED) is 0.836. The lowest BCUT2D eigenvalue weighted by Crippen LogP contribution is -2.42. The fourth-order valence-electron chi connectivity index (χ4n) is 4.34. The Morgan fingerprint density at radius 3 is 2.77 bits per heavy atom. The summed E-state index contributed by atoms with van der Waals surface area (Å²) in [5, 5.41) is 13.5. The van der Waals surface area contributed by atoms with E-state index in [-0.39, 0.29) is 11.3 Å². The van der Waals surface area contributed by atoms with E-state index in [0.29, 0.717) is 35.0 Å². The van der Waals surface area contributed by atoms with Crippen molar-refractivity contribution in [2.24, 2.45) is 5.41 Å². The van der Waals surface area contributed by atoms with Crippen molar-refractivity contribution in [1.29, 1.82) is 0 Å². The summed E-state index contributed by atoms with van der Waals surface area (Å²) < 4.78 is 1.66. The summed E-state index contributed by atoms with van der Waals surface area (Å²) in [7, 11) is 0. The van der Waals surface area contributed by atoms with E-state index in [9.17, 15) is 14.7 Å². The summed E-state index contributed by atoms with van der Waals surface area (Å²) in [5.74, 6) is -1.24. The Morgan fingerprint density at radius 1 is 1.35 bits per heavy atom. The molecular weight excluding hydrogens is 356 g/mol. The van der Waals surface area contributed by atoms with E-state index in [1.807, 2.05) is 0 Å². The number of likely N-dealkylation sites (tertiary alicyclic amines) is 1. The van der Waals surface area contributed by atoms with Gasteiger partial charge in [0.2, 0.25) is 0 Å². The first kappa shape index (κ1) is 17.3. The monoisotopic (exact) mass is 376 g/mol. The lowest BCUT2D eigenvalue weighted by atomic mass is 9.77. The van der Waals surface area contributed by atoms with Crippen molar-refractivity contribution in [2.75, 3.05) is 19.6 Å². The van der Waals surface area contributed by atoms with E-state index in [4.69, 9.17) is 11.6 Å². The highest BCUT2D eigenvalue weighted by Crippen LogP contribution is 2.42. The third-order valence-corrected chi connectivity index (χ3v) is 5.90. The van der Waals surface area contributed by atoms with Crippen LogP contribution in [0.2, 0.25) is 5.02 Å². The van der Waals surface area contributed by atoms with Crippen LogP contribution >= 0.6 is 11.6 Å². The first-order chi connectivity index (χ1) is 12.4. The summed E-state index contributed by atoms with van der Waals surface area (Å²) in [6.07, 6.45) is 3.93. The molecule has 138 valence electrons. The van der Waals surface area contributed by atoms with Gasteiger partial charge in [-0.3, -0.25) is 9.20 Å². The molecule has 1 atom stereocenters. The van der Waals surface area contributed by atoms with E-state index in [1.165, 1.54) is 4.90 Å².